The summed E-state index contributed by atoms with van der Waals surface area (Å²) in [5, 5.41) is 9.99. The predicted octanol–water partition coefficient (Wildman–Crippen LogP) is 7.18. The Morgan fingerprint density at radius 3 is 2.63 bits per heavy atom. The van der Waals surface area contributed by atoms with Crippen LogP contribution in [0.4, 0.5) is 0 Å². The van der Waals surface area contributed by atoms with Crippen molar-refractivity contribution in [1.29, 1.82) is 0 Å². The molecule has 0 radical (unpaired) electrons. The van der Waals surface area contributed by atoms with E-state index in [4.69, 9.17) is 4.74 Å². The lowest BCUT2D eigenvalue weighted by atomic mass is 10.0. The van der Waals surface area contributed by atoms with Gasteiger partial charge in [0, 0.05) is 25.1 Å². The average molecular weight is 518 g/mol. The van der Waals surface area contributed by atoms with Gasteiger partial charge in [-0.15, -0.1) is 0 Å². The van der Waals surface area contributed by atoms with Gasteiger partial charge in [0.1, 0.15) is 5.76 Å². The summed E-state index contributed by atoms with van der Waals surface area (Å²) in [6.45, 7) is 9.48. The van der Waals surface area contributed by atoms with Crippen LogP contribution >= 0.6 is 0 Å². The molecule has 0 aromatic heterocycles. The number of nitrogens with zero attached hydrogens (tertiary/aromatic N) is 1. The maximum atomic E-state index is 12.7. The van der Waals surface area contributed by atoms with E-state index in [0.29, 0.717) is 17.9 Å². The standard InChI is InChI=1S/C33H43NO4/c1-24(13-9-15-26(3)23-30-31(35)27(4)33(37)38-30)11-8-12-25(2)14-10-18-29-20-22-34(32(29)36)21-19-28-16-6-5-7-17-28/h5-8,11-12,15-17,20,24,30,35H,9-10,13-14,18-19,21-23H2,1-4H3/t24-,30+/m1/s1. The second-order valence-electron chi connectivity index (χ2n) is 10.7. The number of allylic oxidation sites excluding steroid dienone is 5. The molecule has 0 saturated heterocycles. The van der Waals surface area contributed by atoms with Gasteiger partial charge in [-0.05, 0) is 70.8 Å². The molecule has 204 valence electrons. The molecule has 3 rings (SSSR count). The first-order valence-corrected chi connectivity index (χ1v) is 13.9. The van der Waals surface area contributed by atoms with Gasteiger partial charge in [-0.3, -0.25) is 4.79 Å². The van der Waals surface area contributed by atoms with E-state index in [-0.39, 0.29) is 11.7 Å². The lowest BCUT2D eigenvalue weighted by molar-refractivity contribution is -0.140. The highest BCUT2D eigenvalue weighted by atomic mass is 16.6. The highest BCUT2D eigenvalue weighted by Gasteiger charge is 2.31. The van der Waals surface area contributed by atoms with Crippen molar-refractivity contribution in [2.24, 2.45) is 5.92 Å². The first kappa shape index (κ1) is 29.2. The number of esters is 1. The fourth-order valence-electron chi connectivity index (χ4n) is 4.78. The number of hydrogen-bond donors (Lipinski definition) is 1. The quantitative estimate of drug-likeness (QED) is 0.161. The number of carbonyl (C=O) groups is 2. The van der Waals surface area contributed by atoms with E-state index in [2.05, 4.69) is 56.4 Å². The summed E-state index contributed by atoms with van der Waals surface area (Å²) < 4.78 is 5.21. The predicted molar refractivity (Wildman–Crippen MR) is 154 cm³/mol. The first-order valence-electron chi connectivity index (χ1n) is 13.9. The summed E-state index contributed by atoms with van der Waals surface area (Å²) in [6, 6.07) is 10.3. The molecule has 0 aliphatic carbocycles. The van der Waals surface area contributed by atoms with E-state index < -0.39 is 12.1 Å². The number of ether oxygens (including phenoxy) is 1. The smallest absolute Gasteiger partial charge is 0.338 e. The monoisotopic (exact) mass is 517 g/mol. The van der Waals surface area contributed by atoms with E-state index in [1.807, 2.05) is 30.0 Å². The van der Waals surface area contributed by atoms with Crippen LogP contribution in [0, 0.1) is 5.92 Å². The molecule has 2 heterocycles. The van der Waals surface area contributed by atoms with Gasteiger partial charge in [-0.2, -0.15) is 0 Å². The van der Waals surface area contributed by atoms with Crippen molar-refractivity contribution in [2.45, 2.75) is 78.7 Å². The molecular weight excluding hydrogens is 474 g/mol. The molecule has 5 heteroatoms. The number of amides is 1. The molecule has 1 amide bonds. The summed E-state index contributed by atoms with van der Waals surface area (Å²) in [5.41, 5.74) is 4.99. The Labute approximate surface area is 228 Å². The molecule has 38 heavy (non-hydrogen) atoms. The summed E-state index contributed by atoms with van der Waals surface area (Å²) in [5.74, 6) is 0.292. The Hall–Kier alpha value is -3.34. The molecule has 0 saturated carbocycles. The topological polar surface area (TPSA) is 66.8 Å². The van der Waals surface area contributed by atoms with Gasteiger partial charge in [0.25, 0.3) is 0 Å². The average Bonchev–Trinajstić information content (AvgIpc) is 3.36. The van der Waals surface area contributed by atoms with Crippen LogP contribution in [-0.2, 0) is 20.7 Å². The van der Waals surface area contributed by atoms with Crippen LogP contribution in [0.15, 0.2) is 88.8 Å². The third-order valence-electron chi connectivity index (χ3n) is 7.34. The van der Waals surface area contributed by atoms with Gasteiger partial charge in [0.05, 0.1) is 5.57 Å². The first-order chi connectivity index (χ1) is 18.2. The van der Waals surface area contributed by atoms with Crippen LogP contribution in [0.2, 0.25) is 0 Å². The van der Waals surface area contributed by atoms with Gasteiger partial charge in [-0.1, -0.05) is 78.8 Å². The van der Waals surface area contributed by atoms with Gasteiger partial charge in [0.15, 0.2) is 6.10 Å². The molecular formula is C33H43NO4. The summed E-state index contributed by atoms with van der Waals surface area (Å²) >= 11 is 0. The molecule has 0 fully saturated rings. The minimum absolute atomic E-state index is 0.0635. The Morgan fingerprint density at radius 2 is 1.92 bits per heavy atom. The van der Waals surface area contributed by atoms with Crippen molar-refractivity contribution in [3.63, 3.8) is 0 Å². The van der Waals surface area contributed by atoms with E-state index in [1.165, 1.54) is 11.1 Å². The van der Waals surface area contributed by atoms with Crippen LogP contribution < -0.4 is 0 Å². The zero-order chi connectivity index (χ0) is 27.5. The summed E-state index contributed by atoms with van der Waals surface area (Å²) in [7, 11) is 0. The number of hydrogen-bond acceptors (Lipinski definition) is 4. The second-order valence-corrected chi connectivity index (χ2v) is 10.7. The fraction of sp³-hybridized carbons (Fsp3) is 0.455. The summed E-state index contributed by atoms with van der Waals surface area (Å²) in [4.78, 5) is 26.2. The van der Waals surface area contributed by atoms with Crippen molar-refractivity contribution in [3.8, 4) is 0 Å². The number of aliphatic hydroxyl groups excluding tert-OH is 1. The number of carbonyl (C=O) groups excluding carboxylic acids is 2. The van der Waals surface area contributed by atoms with Crippen molar-refractivity contribution < 1.29 is 19.4 Å². The summed E-state index contributed by atoms with van der Waals surface area (Å²) in [6.07, 6.45) is 16.5. The Morgan fingerprint density at radius 1 is 1.16 bits per heavy atom. The normalized spacial score (nSPS) is 19.5. The van der Waals surface area contributed by atoms with Gasteiger partial charge in [0.2, 0.25) is 5.91 Å². The highest BCUT2D eigenvalue weighted by Crippen LogP contribution is 2.25. The molecule has 0 spiro atoms. The fourth-order valence-corrected chi connectivity index (χ4v) is 4.78. The number of cyclic esters (lactones) is 1. The van der Waals surface area contributed by atoms with Crippen LogP contribution in [0.1, 0.15) is 71.8 Å². The maximum Gasteiger partial charge on any atom is 0.338 e. The van der Waals surface area contributed by atoms with Crippen molar-refractivity contribution >= 4 is 11.9 Å². The van der Waals surface area contributed by atoms with E-state index in [1.54, 1.807) is 6.92 Å². The third-order valence-corrected chi connectivity index (χ3v) is 7.34. The lowest BCUT2D eigenvalue weighted by Gasteiger charge is -2.16. The lowest BCUT2D eigenvalue weighted by Crippen LogP contribution is -2.29. The zero-order valence-electron chi connectivity index (χ0n) is 23.4. The van der Waals surface area contributed by atoms with Crippen LogP contribution in [-0.4, -0.2) is 41.1 Å². The van der Waals surface area contributed by atoms with E-state index >= 15 is 0 Å². The van der Waals surface area contributed by atoms with Crippen LogP contribution in [0.5, 0.6) is 0 Å². The Kier molecular flexibility index (Phi) is 11.2. The van der Waals surface area contributed by atoms with Crippen molar-refractivity contribution in [2.75, 3.05) is 13.1 Å². The number of aliphatic hydroxyl groups is 1. The minimum Gasteiger partial charge on any atom is -0.508 e. The largest absolute Gasteiger partial charge is 0.508 e. The maximum absolute atomic E-state index is 12.7. The Balaban J connectivity index is 1.30. The van der Waals surface area contributed by atoms with E-state index in [9.17, 15) is 14.7 Å². The molecule has 5 nitrogen and oxygen atoms in total. The van der Waals surface area contributed by atoms with Gasteiger partial charge >= 0.3 is 5.97 Å². The molecule has 2 atom stereocenters. The zero-order valence-corrected chi connectivity index (χ0v) is 23.4. The van der Waals surface area contributed by atoms with Gasteiger partial charge < -0.3 is 14.7 Å². The van der Waals surface area contributed by atoms with Crippen molar-refractivity contribution in [1.82, 2.24) is 4.90 Å². The Bertz CT molecular complexity index is 1120. The molecule has 1 N–H and O–H groups in total. The second kappa shape index (κ2) is 14.6. The van der Waals surface area contributed by atoms with Crippen LogP contribution in [0.3, 0.4) is 0 Å². The number of benzene rings is 1. The third kappa shape index (κ3) is 8.90. The molecule has 0 bridgehead atoms. The molecule has 0 unspecified atom stereocenters. The molecule has 1 aromatic rings. The molecule has 2 aliphatic rings. The highest BCUT2D eigenvalue weighted by molar-refractivity contribution is 5.95. The van der Waals surface area contributed by atoms with Crippen LogP contribution in [0.25, 0.3) is 0 Å². The SMILES string of the molecule is CC(=CC=C[C@@H](C)CCC=C(C)C[C@@H]1OC(=O)C(C)=C1O)CCCC1=CCN(CCc2ccccc2)C1=O. The van der Waals surface area contributed by atoms with E-state index in [0.717, 1.165) is 62.8 Å². The van der Waals surface area contributed by atoms with Crippen molar-refractivity contribution in [3.05, 3.63) is 94.3 Å². The number of rotatable bonds is 14. The minimum atomic E-state index is -0.536. The molecule has 1 aromatic carbocycles. The van der Waals surface area contributed by atoms with Gasteiger partial charge in [-0.25, -0.2) is 4.79 Å². The molecule has 2 aliphatic heterocycles.